The van der Waals surface area contributed by atoms with E-state index in [1.54, 1.807) is 0 Å². The van der Waals surface area contributed by atoms with Crippen LogP contribution in [0.25, 0.3) is 10.6 Å². The number of thiazole rings is 1. The van der Waals surface area contributed by atoms with Crippen molar-refractivity contribution in [3.05, 3.63) is 76.5 Å². The number of halogens is 4. The highest BCUT2D eigenvalue weighted by Gasteiger charge is 2.31. The van der Waals surface area contributed by atoms with Crippen LogP contribution < -0.4 is 5.32 Å². The van der Waals surface area contributed by atoms with Crippen molar-refractivity contribution >= 4 is 17.2 Å². The van der Waals surface area contributed by atoms with Gasteiger partial charge in [0, 0.05) is 23.9 Å². The van der Waals surface area contributed by atoms with Gasteiger partial charge in [0.15, 0.2) is 0 Å². The molecule has 0 aliphatic heterocycles. The van der Waals surface area contributed by atoms with E-state index < -0.39 is 29.0 Å². The van der Waals surface area contributed by atoms with E-state index in [4.69, 9.17) is 0 Å². The maximum atomic E-state index is 13.7. The van der Waals surface area contributed by atoms with Gasteiger partial charge in [0.2, 0.25) is 0 Å². The van der Waals surface area contributed by atoms with Crippen LogP contribution in [0.3, 0.4) is 0 Å². The Hall–Kier alpha value is -2.74. The minimum absolute atomic E-state index is 0.131. The lowest BCUT2D eigenvalue weighted by Gasteiger charge is -2.10. The average Bonchev–Trinajstić information content (AvgIpc) is 3.10. The Morgan fingerprint density at radius 2 is 1.85 bits per heavy atom. The number of aromatic nitrogens is 1. The summed E-state index contributed by atoms with van der Waals surface area (Å²) in [6.45, 7) is 0.131. The summed E-state index contributed by atoms with van der Waals surface area (Å²) >= 11 is 1.46. The number of nitrogens with one attached hydrogen (secondary N) is 1. The molecule has 1 aromatic heterocycles. The Kier molecular flexibility index (Phi) is 5.55. The fourth-order valence-corrected chi connectivity index (χ4v) is 3.27. The average molecular weight is 394 g/mol. The molecule has 27 heavy (non-hydrogen) atoms. The summed E-state index contributed by atoms with van der Waals surface area (Å²) in [5.41, 5.74) is 0.0154. The molecule has 1 amide bonds. The van der Waals surface area contributed by atoms with Crippen molar-refractivity contribution in [3.63, 3.8) is 0 Å². The van der Waals surface area contributed by atoms with Crippen LogP contribution in [0, 0.1) is 5.82 Å². The zero-order chi connectivity index (χ0) is 19.4. The smallest absolute Gasteiger partial charge is 0.352 e. The highest BCUT2D eigenvalue weighted by molar-refractivity contribution is 7.13. The summed E-state index contributed by atoms with van der Waals surface area (Å²) < 4.78 is 51.9. The van der Waals surface area contributed by atoms with Crippen LogP contribution in [-0.4, -0.2) is 17.4 Å². The Morgan fingerprint density at radius 3 is 2.56 bits per heavy atom. The first kappa shape index (κ1) is 19.0. The summed E-state index contributed by atoms with van der Waals surface area (Å²) in [7, 11) is 0. The van der Waals surface area contributed by atoms with Crippen molar-refractivity contribution in [1.82, 2.24) is 10.3 Å². The third-order valence-electron chi connectivity index (χ3n) is 3.78. The van der Waals surface area contributed by atoms with Crippen LogP contribution in [0.15, 0.2) is 53.9 Å². The first-order valence-corrected chi connectivity index (χ1v) is 8.87. The molecule has 3 aromatic rings. The van der Waals surface area contributed by atoms with Gasteiger partial charge >= 0.3 is 6.18 Å². The number of benzene rings is 2. The van der Waals surface area contributed by atoms with Gasteiger partial charge in [-0.3, -0.25) is 4.79 Å². The molecule has 0 radical (unpaired) electrons. The minimum Gasteiger partial charge on any atom is -0.352 e. The molecule has 3 rings (SSSR count). The Balaban J connectivity index is 1.61. The van der Waals surface area contributed by atoms with Gasteiger partial charge in [-0.1, -0.05) is 30.3 Å². The van der Waals surface area contributed by atoms with E-state index in [1.165, 1.54) is 11.3 Å². The van der Waals surface area contributed by atoms with E-state index in [9.17, 15) is 22.4 Å². The Bertz CT molecular complexity index is 938. The largest absolute Gasteiger partial charge is 0.416 e. The second kappa shape index (κ2) is 7.87. The third kappa shape index (κ3) is 4.71. The van der Waals surface area contributed by atoms with Gasteiger partial charge in [-0.15, -0.1) is 11.3 Å². The lowest BCUT2D eigenvalue weighted by Crippen LogP contribution is -2.27. The quantitative estimate of drug-likeness (QED) is 0.623. The standard InChI is InChI=1S/C19H14F4N2OS/c20-16-7-6-13(19(21,22)23)10-15(16)17(26)24-9-8-14-11-27-18(25-14)12-4-2-1-3-5-12/h1-7,10-11H,8-9H2,(H,24,26). The van der Waals surface area contributed by atoms with Crippen LogP contribution in [0.2, 0.25) is 0 Å². The molecule has 0 aliphatic carbocycles. The number of nitrogens with zero attached hydrogens (tertiary/aromatic N) is 1. The van der Waals surface area contributed by atoms with E-state index in [-0.39, 0.29) is 6.54 Å². The monoisotopic (exact) mass is 394 g/mol. The zero-order valence-corrected chi connectivity index (χ0v) is 14.7. The fraction of sp³-hybridized carbons (Fsp3) is 0.158. The first-order valence-electron chi connectivity index (χ1n) is 7.99. The predicted molar refractivity (Wildman–Crippen MR) is 95.0 cm³/mol. The lowest BCUT2D eigenvalue weighted by molar-refractivity contribution is -0.137. The molecule has 0 unspecified atom stereocenters. The molecule has 2 aromatic carbocycles. The van der Waals surface area contributed by atoms with Gasteiger partial charge < -0.3 is 5.32 Å². The van der Waals surface area contributed by atoms with Gasteiger partial charge in [0.1, 0.15) is 10.8 Å². The number of rotatable bonds is 5. The summed E-state index contributed by atoms with van der Waals surface area (Å²) in [4.78, 5) is 16.5. The van der Waals surface area contributed by atoms with Gasteiger partial charge in [-0.05, 0) is 18.2 Å². The summed E-state index contributed by atoms with van der Waals surface area (Å²) in [6, 6.07) is 11.3. The van der Waals surface area contributed by atoms with Crippen LogP contribution in [0.1, 0.15) is 21.6 Å². The molecule has 140 valence electrons. The molecule has 8 heteroatoms. The summed E-state index contributed by atoms with van der Waals surface area (Å²) in [5, 5.41) is 5.12. The van der Waals surface area contributed by atoms with E-state index in [1.807, 2.05) is 35.7 Å². The maximum Gasteiger partial charge on any atom is 0.416 e. The van der Waals surface area contributed by atoms with Crippen molar-refractivity contribution < 1.29 is 22.4 Å². The molecule has 0 saturated carbocycles. The molecule has 0 bridgehead atoms. The Morgan fingerprint density at radius 1 is 1.11 bits per heavy atom. The molecular weight excluding hydrogens is 380 g/mol. The van der Waals surface area contributed by atoms with Crippen LogP contribution >= 0.6 is 11.3 Å². The van der Waals surface area contributed by atoms with Gasteiger partial charge in [0.25, 0.3) is 5.91 Å². The molecule has 1 heterocycles. The van der Waals surface area contributed by atoms with E-state index in [0.29, 0.717) is 24.6 Å². The molecule has 1 N–H and O–H groups in total. The van der Waals surface area contributed by atoms with Crippen LogP contribution in [-0.2, 0) is 12.6 Å². The number of alkyl halides is 3. The topological polar surface area (TPSA) is 42.0 Å². The fourth-order valence-electron chi connectivity index (χ4n) is 2.41. The van der Waals surface area contributed by atoms with E-state index >= 15 is 0 Å². The summed E-state index contributed by atoms with van der Waals surface area (Å²) in [5.74, 6) is -1.89. The van der Waals surface area contributed by atoms with Gasteiger partial charge in [0.05, 0.1) is 16.8 Å². The number of carbonyl (C=O) groups is 1. The zero-order valence-electron chi connectivity index (χ0n) is 13.9. The first-order chi connectivity index (χ1) is 12.8. The number of carbonyl (C=O) groups excluding carboxylic acids is 1. The molecular formula is C19H14F4N2OS. The van der Waals surface area contributed by atoms with Crippen LogP contribution in [0.4, 0.5) is 17.6 Å². The normalized spacial score (nSPS) is 11.4. The number of hydrogen-bond acceptors (Lipinski definition) is 3. The summed E-state index contributed by atoms with van der Waals surface area (Å²) in [6.07, 6.45) is -4.26. The molecule has 3 nitrogen and oxygen atoms in total. The molecule has 0 saturated heterocycles. The minimum atomic E-state index is -4.64. The second-order valence-corrected chi connectivity index (χ2v) is 6.57. The third-order valence-corrected chi connectivity index (χ3v) is 4.72. The SMILES string of the molecule is O=C(NCCc1csc(-c2ccccc2)n1)c1cc(C(F)(F)F)ccc1F. The second-order valence-electron chi connectivity index (χ2n) is 5.71. The van der Waals surface area contributed by atoms with Crippen LogP contribution in [0.5, 0.6) is 0 Å². The van der Waals surface area contributed by atoms with E-state index in [0.717, 1.165) is 16.3 Å². The predicted octanol–water partition coefficient (Wildman–Crippen LogP) is 4.94. The molecule has 0 spiro atoms. The maximum absolute atomic E-state index is 13.7. The van der Waals surface area contributed by atoms with Crippen molar-refractivity contribution in [3.8, 4) is 10.6 Å². The number of amides is 1. The molecule has 0 fully saturated rings. The Labute approximate surface area is 156 Å². The van der Waals surface area contributed by atoms with Crippen molar-refractivity contribution in [2.24, 2.45) is 0 Å². The van der Waals surface area contributed by atoms with Gasteiger partial charge in [-0.2, -0.15) is 13.2 Å². The number of hydrogen-bond donors (Lipinski definition) is 1. The van der Waals surface area contributed by atoms with Crippen molar-refractivity contribution in [1.29, 1.82) is 0 Å². The molecule has 0 aliphatic rings. The highest BCUT2D eigenvalue weighted by atomic mass is 32.1. The van der Waals surface area contributed by atoms with Gasteiger partial charge in [-0.25, -0.2) is 9.37 Å². The van der Waals surface area contributed by atoms with Crippen molar-refractivity contribution in [2.45, 2.75) is 12.6 Å². The molecule has 0 atom stereocenters. The van der Waals surface area contributed by atoms with Crippen molar-refractivity contribution in [2.75, 3.05) is 6.54 Å². The highest BCUT2D eigenvalue weighted by Crippen LogP contribution is 2.30. The lowest BCUT2D eigenvalue weighted by atomic mass is 10.1. The van der Waals surface area contributed by atoms with E-state index in [2.05, 4.69) is 10.3 Å².